The Morgan fingerprint density at radius 2 is 1.93 bits per heavy atom. The minimum Gasteiger partial charge on any atom is -0.489 e. The Balaban J connectivity index is 1.26. The van der Waals surface area contributed by atoms with Crippen molar-refractivity contribution in [1.29, 1.82) is 0 Å². The van der Waals surface area contributed by atoms with Gasteiger partial charge in [0, 0.05) is 12.5 Å². The second-order valence-electron chi connectivity index (χ2n) is 7.64. The van der Waals surface area contributed by atoms with Gasteiger partial charge in [0.25, 0.3) is 0 Å². The molecule has 154 valence electrons. The summed E-state index contributed by atoms with van der Waals surface area (Å²) in [5.74, 6) is 2.65. The van der Waals surface area contributed by atoms with Gasteiger partial charge in [0.15, 0.2) is 11.5 Å². The summed E-state index contributed by atoms with van der Waals surface area (Å²) < 4.78 is 17.7. The van der Waals surface area contributed by atoms with Crippen LogP contribution >= 0.6 is 0 Å². The largest absolute Gasteiger partial charge is 0.489 e. The summed E-state index contributed by atoms with van der Waals surface area (Å²) in [6, 6.07) is 15.6. The van der Waals surface area contributed by atoms with Crippen molar-refractivity contribution >= 4 is 5.91 Å². The Kier molecular flexibility index (Phi) is 6.52. The van der Waals surface area contributed by atoms with Crippen molar-refractivity contribution in [2.24, 2.45) is 5.92 Å². The Hall–Kier alpha value is -2.73. The normalized spacial score (nSPS) is 18.8. The number of nitrogens with one attached hydrogen (secondary N) is 2. The lowest BCUT2D eigenvalue weighted by molar-refractivity contribution is -0.122. The summed E-state index contributed by atoms with van der Waals surface area (Å²) in [5.41, 5.74) is 1.11. The number of fused-ring (bicyclic) bond motifs is 1. The van der Waals surface area contributed by atoms with Gasteiger partial charge in [-0.3, -0.25) is 4.79 Å². The first-order valence-electron chi connectivity index (χ1n) is 10.3. The first-order valence-corrected chi connectivity index (χ1v) is 10.3. The molecule has 2 aliphatic rings. The number of carbonyl (C=O) groups is 1. The standard InChI is InChI=1S/C23H28N2O4/c26-23(12-17-8-10-24-11-9-17)25-14-20-16-28-21-7-6-19(13-22(21)29-20)27-15-18-4-2-1-3-5-18/h1-7,13,17,20,24H,8-12,14-16H2,(H,25,26). The quantitative estimate of drug-likeness (QED) is 0.753. The van der Waals surface area contributed by atoms with Gasteiger partial charge < -0.3 is 24.8 Å². The number of hydrogen-bond donors (Lipinski definition) is 2. The van der Waals surface area contributed by atoms with Crippen molar-refractivity contribution in [3.8, 4) is 17.2 Å². The van der Waals surface area contributed by atoms with Crippen LogP contribution in [0.2, 0.25) is 0 Å². The van der Waals surface area contributed by atoms with Gasteiger partial charge in [0.1, 0.15) is 25.1 Å². The molecule has 0 aromatic heterocycles. The molecule has 0 spiro atoms. The van der Waals surface area contributed by atoms with Gasteiger partial charge in [0.05, 0.1) is 6.54 Å². The van der Waals surface area contributed by atoms with E-state index < -0.39 is 0 Å². The van der Waals surface area contributed by atoms with Gasteiger partial charge in [0.2, 0.25) is 5.91 Å². The van der Waals surface area contributed by atoms with E-state index in [1.54, 1.807) is 0 Å². The van der Waals surface area contributed by atoms with Gasteiger partial charge in [-0.1, -0.05) is 30.3 Å². The second-order valence-corrected chi connectivity index (χ2v) is 7.64. The Bertz CT molecular complexity index is 806. The molecule has 6 nitrogen and oxygen atoms in total. The van der Waals surface area contributed by atoms with E-state index in [2.05, 4.69) is 10.6 Å². The van der Waals surface area contributed by atoms with Crippen LogP contribution < -0.4 is 24.8 Å². The minimum absolute atomic E-state index is 0.0891. The van der Waals surface area contributed by atoms with Gasteiger partial charge in [-0.05, 0) is 49.5 Å². The van der Waals surface area contributed by atoms with Crippen molar-refractivity contribution in [2.75, 3.05) is 26.2 Å². The van der Waals surface area contributed by atoms with Crippen LogP contribution in [0, 0.1) is 5.92 Å². The van der Waals surface area contributed by atoms with Crippen LogP contribution in [0.4, 0.5) is 0 Å². The van der Waals surface area contributed by atoms with Crippen LogP contribution in [0.25, 0.3) is 0 Å². The van der Waals surface area contributed by atoms with Crippen LogP contribution in [-0.2, 0) is 11.4 Å². The smallest absolute Gasteiger partial charge is 0.220 e. The lowest BCUT2D eigenvalue weighted by Crippen LogP contribution is -2.41. The monoisotopic (exact) mass is 396 g/mol. The zero-order valence-electron chi connectivity index (χ0n) is 16.6. The van der Waals surface area contributed by atoms with Crippen molar-refractivity contribution in [3.63, 3.8) is 0 Å². The van der Waals surface area contributed by atoms with Crippen molar-refractivity contribution in [1.82, 2.24) is 10.6 Å². The zero-order valence-corrected chi connectivity index (χ0v) is 16.6. The number of ether oxygens (including phenoxy) is 3. The van der Waals surface area contributed by atoms with E-state index in [1.807, 2.05) is 48.5 Å². The van der Waals surface area contributed by atoms with Crippen molar-refractivity contribution in [3.05, 3.63) is 54.1 Å². The van der Waals surface area contributed by atoms with Crippen molar-refractivity contribution < 1.29 is 19.0 Å². The Morgan fingerprint density at radius 1 is 1.10 bits per heavy atom. The van der Waals surface area contributed by atoms with Crippen LogP contribution in [0.3, 0.4) is 0 Å². The molecule has 2 N–H and O–H groups in total. The predicted octanol–water partition coefficient (Wildman–Crippen LogP) is 2.91. The molecule has 2 aliphatic heterocycles. The van der Waals surface area contributed by atoms with Gasteiger partial charge >= 0.3 is 0 Å². The molecular formula is C23H28N2O4. The van der Waals surface area contributed by atoms with E-state index in [1.165, 1.54) is 0 Å². The molecule has 6 heteroatoms. The predicted molar refractivity (Wildman–Crippen MR) is 110 cm³/mol. The molecule has 1 fully saturated rings. The third-order valence-electron chi connectivity index (χ3n) is 5.34. The Labute approximate surface area is 171 Å². The molecular weight excluding hydrogens is 368 g/mol. The number of hydrogen-bond acceptors (Lipinski definition) is 5. The molecule has 2 aromatic rings. The molecule has 0 aliphatic carbocycles. The third kappa shape index (κ3) is 5.64. The molecule has 1 atom stereocenters. The van der Waals surface area contributed by atoms with Crippen LogP contribution in [-0.4, -0.2) is 38.3 Å². The molecule has 2 aromatic carbocycles. The molecule has 2 heterocycles. The summed E-state index contributed by atoms with van der Waals surface area (Å²) >= 11 is 0. The molecule has 0 saturated carbocycles. The lowest BCUT2D eigenvalue weighted by atomic mass is 9.94. The molecule has 0 radical (unpaired) electrons. The van der Waals surface area contributed by atoms with Gasteiger partial charge in [-0.25, -0.2) is 0 Å². The molecule has 1 unspecified atom stereocenters. The maximum Gasteiger partial charge on any atom is 0.220 e. The fraction of sp³-hybridized carbons (Fsp3) is 0.435. The molecule has 29 heavy (non-hydrogen) atoms. The van der Waals surface area contributed by atoms with Crippen LogP contribution in [0.1, 0.15) is 24.8 Å². The van der Waals surface area contributed by atoms with Crippen LogP contribution in [0.15, 0.2) is 48.5 Å². The highest BCUT2D eigenvalue weighted by Gasteiger charge is 2.23. The fourth-order valence-electron chi connectivity index (χ4n) is 3.68. The maximum atomic E-state index is 12.2. The number of rotatable bonds is 7. The molecule has 4 rings (SSSR count). The number of amides is 1. The number of carbonyl (C=O) groups excluding carboxylic acids is 1. The Morgan fingerprint density at radius 3 is 2.76 bits per heavy atom. The highest BCUT2D eigenvalue weighted by molar-refractivity contribution is 5.76. The zero-order chi connectivity index (χ0) is 19.9. The first kappa shape index (κ1) is 19.6. The average molecular weight is 396 g/mol. The highest BCUT2D eigenvalue weighted by Crippen LogP contribution is 2.35. The average Bonchev–Trinajstić information content (AvgIpc) is 2.77. The summed E-state index contributed by atoms with van der Waals surface area (Å²) in [6.07, 6.45) is 2.51. The van der Waals surface area contributed by atoms with E-state index in [-0.39, 0.29) is 12.0 Å². The summed E-state index contributed by atoms with van der Waals surface area (Å²) in [4.78, 5) is 12.2. The number of benzene rings is 2. The van der Waals surface area contributed by atoms with E-state index in [0.29, 0.717) is 43.6 Å². The second kappa shape index (κ2) is 9.65. The first-order chi connectivity index (χ1) is 14.3. The summed E-state index contributed by atoms with van der Waals surface area (Å²) in [6.45, 7) is 3.37. The fourth-order valence-corrected chi connectivity index (χ4v) is 3.68. The topological polar surface area (TPSA) is 68.8 Å². The summed E-state index contributed by atoms with van der Waals surface area (Å²) in [7, 11) is 0. The molecule has 0 bridgehead atoms. The minimum atomic E-state index is -0.205. The molecule has 1 amide bonds. The SMILES string of the molecule is O=C(CC1CCNCC1)NCC1COc2ccc(OCc3ccccc3)cc2O1. The number of piperidine rings is 1. The maximum absolute atomic E-state index is 12.2. The van der Waals surface area contributed by atoms with E-state index >= 15 is 0 Å². The van der Waals surface area contributed by atoms with Gasteiger partial charge in [-0.2, -0.15) is 0 Å². The molecule has 1 saturated heterocycles. The highest BCUT2D eigenvalue weighted by atomic mass is 16.6. The van der Waals surface area contributed by atoms with E-state index in [9.17, 15) is 4.79 Å². The third-order valence-corrected chi connectivity index (χ3v) is 5.34. The van der Waals surface area contributed by atoms with Crippen LogP contribution in [0.5, 0.6) is 17.2 Å². The van der Waals surface area contributed by atoms with Gasteiger partial charge in [-0.15, -0.1) is 0 Å². The lowest BCUT2D eigenvalue weighted by Gasteiger charge is -2.27. The van der Waals surface area contributed by atoms with E-state index in [4.69, 9.17) is 14.2 Å². The van der Waals surface area contributed by atoms with Crippen molar-refractivity contribution in [2.45, 2.75) is 32.0 Å². The summed E-state index contributed by atoms with van der Waals surface area (Å²) in [5, 5.41) is 6.32. The van der Waals surface area contributed by atoms with E-state index in [0.717, 1.165) is 37.2 Å².